The van der Waals surface area contributed by atoms with Gasteiger partial charge in [0, 0.05) is 50.2 Å². The molecule has 12 aromatic rings. The predicted octanol–water partition coefficient (Wildman–Crippen LogP) is 17.2. The summed E-state index contributed by atoms with van der Waals surface area (Å²) in [5.74, 6) is 0. The number of hydrogen-bond acceptors (Lipinski definition) is 2. The summed E-state index contributed by atoms with van der Waals surface area (Å²) in [7, 11) is 0. The Balaban J connectivity index is 1.02. The van der Waals surface area contributed by atoms with Crippen LogP contribution < -0.4 is 9.80 Å². The Hall–Kier alpha value is -8.92. The molecule has 0 bridgehead atoms. The van der Waals surface area contributed by atoms with Gasteiger partial charge in [-0.3, -0.25) is 0 Å². The molecule has 0 N–H and O–H groups in total. The Morgan fingerprint density at radius 1 is 0.294 bits per heavy atom. The van der Waals surface area contributed by atoms with Crippen molar-refractivity contribution >= 4 is 66.7 Å². The molecule has 2 aliphatic carbocycles. The van der Waals surface area contributed by atoms with E-state index in [1.165, 1.54) is 77.1 Å². The SMILES string of the molecule is c1ccc(N(c2ccc3c(c2)c2ccccc2n3-c2ccccc2)c2cccc3c2-c2ccccc2C32c3ccccc3-c3ccc(N(c4ccccc4)c4cccc5ccccc45)cc32)cc1. The lowest BCUT2D eigenvalue weighted by atomic mass is 9.70. The fraction of sp³-hybridized carbons (Fsp3) is 0.0154. The van der Waals surface area contributed by atoms with Gasteiger partial charge in [0.15, 0.2) is 0 Å². The van der Waals surface area contributed by atoms with Gasteiger partial charge in [0.25, 0.3) is 0 Å². The Morgan fingerprint density at radius 2 is 0.809 bits per heavy atom. The highest BCUT2D eigenvalue weighted by Gasteiger charge is 2.52. The van der Waals surface area contributed by atoms with Crippen LogP contribution in [0, 0.1) is 0 Å². The van der Waals surface area contributed by atoms with Gasteiger partial charge >= 0.3 is 0 Å². The number of nitrogens with zero attached hydrogens (tertiary/aromatic N) is 3. The second-order valence-corrected chi connectivity index (χ2v) is 18.0. The molecule has 1 heterocycles. The third-order valence-corrected chi connectivity index (χ3v) is 14.5. The number of aromatic nitrogens is 1. The van der Waals surface area contributed by atoms with Crippen molar-refractivity contribution in [2.24, 2.45) is 0 Å². The highest BCUT2D eigenvalue weighted by molar-refractivity contribution is 6.11. The van der Waals surface area contributed by atoms with E-state index in [1.54, 1.807) is 0 Å². The molecule has 0 fully saturated rings. The molecule has 3 heteroatoms. The molecule has 1 aromatic heterocycles. The molecule has 14 rings (SSSR count). The minimum Gasteiger partial charge on any atom is -0.310 e. The molecule has 0 radical (unpaired) electrons. The smallest absolute Gasteiger partial charge is 0.0727 e. The summed E-state index contributed by atoms with van der Waals surface area (Å²) in [6.45, 7) is 0. The molecule has 0 amide bonds. The number of rotatable bonds is 7. The standard InChI is InChI=1S/C65H43N3/c1-4-22-45(23-5-1)66(60-36-18-21-44-20-10-11-28-50(44)60)49-38-40-52-51-29-12-15-32-56(51)65(59(52)43-49)57-33-16-13-31-54(57)64-58(65)34-19-37-63(64)67(46-24-6-2-7-25-46)48-39-41-62-55(42-48)53-30-14-17-35-61(53)68(62)47-26-8-3-9-27-47/h1-43H. The molecule has 3 nitrogen and oxygen atoms in total. The fourth-order valence-electron chi connectivity index (χ4n) is 11.8. The van der Waals surface area contributed by atoms with Crippen molar-refractivity contribution in [3.8, 4) is 27.9 Å². The van der Waals surface area contributed by atoms with Crippen molar-refractivity contribution in [3.05, 3.63) is 283 Å². The zero-order valence-corrected chi connectivity index (χ0v) is 37.2. The third kappa shape index (κ3) is 5.47. The molecule has 11 aromatic carbocycles. The van der Waals surface area contributed by atoms with Crippen LogP contribution in [-0.4, -0.2) is 4.57 Å². The van der Waals surface area contributed by atoms with Gasteiger partial charge < -0.3 is 14.4 Å². The summed E-state index contributed by atoms with van der Waals surface area (Å²) in [5, 5.41) is 4.87. The van der Waals surface area contributed by atoms with E-state index in [4.69, 9.17) is 0 Å². The van der Waals surface area contributed by atoms with E-state index in [1.807, 2.05) is 0 Å². The Kier molecular flexibility index (Phi) is 8.50. The molecule has 0 saturated carbocycles. The summed E-state index contributed by atoms with van der Waals surface area (Å²) >= 11 is 0. The van der Waals surface area contributed by atoms with E-state index in [0.29, 0.717) is 0 Å². The maximum atomic E-state index is 2.49. The van der Waals surface area contributed by atoms with E-state index >= 15 is 0 Å². The van der Waals surface area contributed by atoms with E-state index < -0.39 is 5.41 Å². The summed E-state index contributed by atoms with van der Waals surface area (Å²) in [4.78, 5) is 4.93. The maximum absolute atomic E-state index is 2.49. The summed E-state index contributed by atoms with van der Waals surface area (Å²) in [6.07, 6.45) is 0. The van der Waals surface area contributed by atoms with Crippen molar-refractivity contribution in [2.45, 2.75) is 5.41 Å². The lowest BCUT2D eigenvalue weighted by Crippen LogP contribution is -2.26. The van der Waals surface area contributed by atoms with Crippen LogP contribution in [0.4, 0.5) is 34.1 Å². The molecule has 318 valence electrons. The minimum absolute atomic E-state index is 0.583. The van der Waals surface area contributed by atoms with Gasteiger partial charge in [-0.05, 0) is 129 Å². The van der Waals surface area contributed by atoms with Crippen LogP contribution in [0.1, 0.15) is 22.3 Å². The van der Waals surface area contributed by atoms with Crippen LogP contribution >= 0.6 is 0 Å². The van der Waals surface area contributed by atoms with Crippen LogP contribution in [0.5, 0.6) is 0 Å². The average molecular weight is 866 g/mol. The zero-order chi connectivity index (χ0) is 44.8. The van der Waals surface area contributed by atoms with Crippen LogP contribution in [0.25, 0.3) is 60.5 Å². The molecule has 1 unspecified atom stereocenters. The summed E-state index contributed by atoms with van der Waals surface area (Å²) < 4.78 is 2.39. The number of hydrogen-bond donors (Lipinski definition) is 0. The second-order valence-electron chi connectivity index (χ2n) is 18.0. The summed E-state index contributed by atoms with van der Waals surface area (Å²) in [6, 6.07) is 96.1. The number of anilines is 6. The monoisotopic (exact) mass is 865 g/mol. The molecule has 1 spiro atoms. The van der Waals surface area contributed by atoms with Crippen LogP contribution in [0.15, 0.2) is 261 Å². The molecule has 0 saturated heterocycles. The number of para-hydroxylation sites is 4. The average Bonchev–Trinajstić information content (AvgIpc) is 4.02. The van der Waals surface area contributed by atoms with Crippen molar-refractivity contribution in [1.82, 2.24) is 4.57 Å². The van der Waals surface area contributed by atoms with Crippen LogP contribution in [0.3, 0.4) is 0 Å². The van der Waals surface area contributed by atoms with Crippen molar-refractivity contribution in [2.75, 3.05) is 9.80 Å². The first-order valence-corrected chi connectivity index (χ1v) is 23.5. The van der Waals surface area contributed by atoms with Gasteiger partial charge in [0.2, 0.25) is 0 Å². The van der Waals surface area contributed by atoms with Crippen molar-refractivity contribution in [1.29, 1.82) is 0 Å². The number of benzene rings is 11. The molecular weight excluding hydrogens is 823 g/mol. The van der Waals surface area contributed by atoms with Crippen molar-refractivity contribution in [3.63, 3.8) is 0 Å². The first-order chi connectivity index (χ1) is 33.8. The minimum atomic E-state index is -0.583. The first-order valence-electron chi connectivity index (χ1n) is 23.5. The van der Waals surface area contributed by atoms with E-state index in [9.17, 15) is 0 Å². The topological polar surface area (TPSA) is 11.4 Å². The van der Waals surface area contributed by atoms with E-state index in [-0.39, 0.29) is 0 Å². The largest absolute Gasteiger partial charge is 0.310 e. The van der Waals surface area contributed by atoms with Gasteiger partial charge in [-0.25, -0.2) is 0 Å². The highest BCUT2D eigenvalue weighted by Crippen LogP contribution is 2.65. The lowest BCUT2D eigenvalue weighted by molar-refractivity contribution is 0.793. The van der Waals surface area contributed by atoms with Gasteiger partial charge in [-0.1, -0.05) is 176 Å². The molecule has 0 aliphatic heterocycles. The molecular formula is C65H43N3. The van der Waals surface area contributed by atoms with Crippen molar-refractivity contribution < 1.29 is 0 Å². The predicted molar refractivity (Wildman–Crippen MR) is 284 cm³/mol. The Bertz CT molecular complexity index is 3920. The van der Waals surface area contributed by atoms with Gasteiger partial charge in [0.05, 0.1) is 27.8 Å². The zero-order valence-electron chi connectivity index (χ0n) is 37.2. The second kappa shape index (κ2) is 15.1. The van der Waals surface area contributed by atoms with E-state index in [2.05, 4.69) is 275 Å². The quantitative estimate of drug-likeness (QED) is 0.158. The first kappa shape index (κ1) is 38.4. The van der Waals surface area contributed by atoms with E-state index in [0.717, 1.165) is 39.8 Å². The number of fused-ring (bicyclic) bond motifs is 14. The lowest BCUT2D eigenvalue weighted by Gasteiger charge is -2.33. The van der Waals surface area contributed by atoms with Gasteiger partial charge in [-0.2, -0.15) is 0 Å². The molecule has 2 aliphatic rings. The normalized spacial score (nSPS) is 14.2. The van der Waals surface area contributed by atoms with Gasteiger partial charge in [0.1, 0.15) is 0 Å². The Morgan fingerprint density at radius 3 is 1.59 bits per heavy atom. The third-order valence-electron chi connectivity index (χ3n) is 14.5. The van der Waals surface area contributed by atoms with Gasteiger partial charge in [-0.15, -0.1) is 0 Å². The highest BCUT2D eigenvalue weighted by atomic mass is 15.2. The molecule has 68 heavy (non-hydrogen) atoms. The molecule has 1 atom stereocenters. The fourth-order valence-corrected chi connectivity index (χ4v) is 11.8. The van der Waals surface area contributed by atoms with Crippen LogP contribution in [0.2, 0.25) is 0 Å². The van der Waals surface area contributed by atoms with Crippen LogP contribution in [-0.2, 0) is 5.41 Å². The Labute approximate surface area is 395 Å². The summed E-state index contributed by atoms with van der Waals surface area (Å²) in [5.41, 5.74) is 19.9. The maximum Gasteiger partial charge on any atom is 0.0727 e.